The molecule has 0 saturated carbocycles. The number of aromatic nitrogens is 1. The van der Waals surface area contributed by atoms with E-state index in [0.717, 1.165) is 29.2 Å². The normalized spacial score (nSPS) is 17.2. The maximum absolute atomic E-state index is 12.2. The van der Waals surface area contributed by atoms with Gasteiger partial charge < -0.3 is 4.57 Å². The van der Waals surface area contributed by atoms with E-state index in [1.807, 2.05) is 16.8 Å². The molecule has 2 aromatic rings. The van der Waals surface area contributed by atoms with Gasteiger partial charge in [0.25, 0.3) is 0 Å². The number of carbonyl (C=O) groups is 1. The highest BCUT2D eigenvalue weighted by atomic mass is 32.2. The van der Waals surface area contributed by atoms with Crippen LogP contribution in [0.4, 0.5) is 5.69 Å². The lowest BCUT2D eigenvalue weighted by Gasteiger charge is -2.18. The Kier molecular flexibility index (Phi) is 2.86. The topological polar surface area (TPSA) is 59.4 Å². The third-order valence-electron chi connectivity index (χ3n) is 3.92. The van der Waals surface area contributed by atoms with Crippen LogP contribution < -0.4 is 4.31 Å². The van der Waals surface area contributed by atoms with E-state index in [9.17, 15) is 13.2 Å². The number of aldehydes is 1. The van der Waals surface area contributed by atoms with Crippen LogP contribution in [0.1, 0.15) is 22.8 Å². The monoisotopic (exact) mass is 292 g/mol. The van der Waals surface area contributed by atoms with Crippen LogP contribution in [0.5, 0.6) is 0 Å². The molecule has 0 bridgehead atoms. The Morgan fingerprint density at radius 1 is 1.35 bits per heavy atom. The lowest BCUT2D eigenvalue weighted by molar-refractivity contribution is 0.112. The van der Waals surface area contributed by atoms with Gasteiger partial charge in [-0.25, -0.2) is 8.42 Å². The van der Waals surface area contributed by atoms with Gasteiger partial charge >= 0.3 is 0 Å². The molecule has 2 heterocycles. The van der Waals surface area contributed by atoms with Crippen molar-refractivity contribution in [1.82, 2.24) is 4.57 Å². The van der Waals surface area contributed by atoms with Crippen molar-refractivity contribution in [3.8, 4) is 0 Å². The third-order valence-corrected chi connectivity index (χ3v) is 5.65. The summed E-state index contributed by atoms with van der Waals surface area (Å²) in [5, 5.41) is 0.969. The van der Waals surface area contributed by atoms with Gasteiger partial charge in [-0.1, -0.05) is 6.92 Å². The van der Waals surface area contributed by atoms with Crippen LogP contribution in [-0.4, -0.2) is 32.1 Å². The van der Waals surface area contributed by atoms with Gasteiger partial charge in [0.15, 0.2) is 0 Å². The molecule has 0 radical (unpaired) electrons. The first-order valence-electron chi connectivity index (χ1n) is 6.55. The Labute approximate surface area is 117 Å². The van der Waals surface area contributed by atoms with Gasteiger partial charge in [-0.05, 0) is 24.1 Å². The van der Waals surface area contributed by atoms with Gasteiger partial charge in [0.05, 0.1) is 17.0 Å². The quantitative estimate of drug-likeness (QED) is 0.793. The molecule has 3 rings (SSSR count). The van der Waals surface area contributed by atoms with E-state index < -0.39 is 10.0 Å². The average molecular weight is 292 g/mol. The molecule has 1 aliphatic rings. The summed E-state index contributed by atoms with van der Waals surface area (Å²) in [4.78, 5) is 11.1. The number of sulfonamides is 1. The Balaban J connectivity index is 2.44. The van der Waals surface area contributed by atoms with Gasteiger partial charge in [0.2, 0.25) is 10.0 Å². The number of hydrogen-bond donors (Lipinski definition) is 0. The van der Waals surface area contributed by atoms with Crippen molar-refractivity contribution < 1.29 is 13.2 Å². The largest absolute Gasteiger partial charge is 0.344 e. The minimum absolute atomic E-state index is 0.0710. The molecule has 20 heavy (non-hydrogen) atoms. The maximum Gasteiger partial charge on any atom is 0.236 e. The predicted octanol–water partition coefficient (Wildman–Crippen LogP) is 1.80. The molecule has 106 valence electrons. The predicted molar refractivity (Wildman–Crippen MR) is 78.9 cm³/mol. The summed E-state index contributed by atoms with van der Waals surface area (Å²) >= 11 is 0. The van der Waals surface area contributed by atoms with Crippen molar-refractivity contribution in [1.29, 1.82) is 0 Å². The zero-order chi connectivity index (χ0) is 14.5. The van der Waals surface area contributed by atoms with Crippen molar-refractivity contribution in [3.63, 3.8) is 0 Å². The Morgan fingerprint density at radius 3 is 2.75 bits per heavy atom. The molecule has 0 unspecified atom stereocenters. The summed E-state index contributed by atoms with van der Waals surface area (Å²) in [5.41, 5.74) is 3.12. The molecule has 0 saturated heterocycles. The molecule has 1 aliphatic heterocycles. The number of nitrogens with zero attached hydrogens (tertiary/aromatic N) is 2. The summed E-state index contributed by atoms with van der Waals surface area (Å²) in [7, 11) is -1.78. The summed E-state index contributed by atoms with van der Waals surface area (Å²) in [6, 6.07) is 3.49. The highest BCUT2D eigenvalue weighted by molar-refractivity contribution is 7.92. The average Bonchev–Trinajstić information content (AvgIpc) is 2.77. The molecule has 0 aliphatic carbocycles. The number of aryl methyl sites for hydroxylation is 2. The summed E-state index contributed by atoms with van der Waals surface area (Å²) in [5.74, 6) is 0.0710. The van der Waals surface area contributed by atoms with Crippen molar-refractivity contribution in [2.75, 3.05) is 17.1 Å². The van der Waals surface area contributed by atoms with Crippen molar-refractivity contribution in [2.45, 2.75) is 19.9 Å². The zero-order valence-electron chi connectivity index (χ0n) is 11.5. The fourth-order valence-corrected chi connectivity index (χ4v) is 3.92. The number of rotatable bonds is 2. The van der Waals surface area contributed by atoms with Gasteiger partial charge in [-0.2, -0.15) is 0 Å². The second-order valence-corrected chi connectivity index (χ2v) is 7.16. The van der Waals surface area contributed by atoms with Crippen LogP contribution in [0.25, 0.3) is 10.9 Å². The standard InChI is InChI=1S/C14H16N2O3S/c1-3-11-8-16-4-5-20(18,19)15(2)13-7-10(9-17)6-12(11)14(13)16/h6-9H,3-5H2,1-2H3. The highest BCUT2D eigenvalue weighted by Gasteiger charge is 2.27. The third kappa shape index (κ3) is 1.75. The lowest BCUT2D eigenvalue weighted by Crippen LogP contribution is -2.28. The van der Waals surface area contributed by atoms with Crippen molar-refractivity contribution in [2.24, 2.45) is 0 Å². The van der Waals surface area contributed by atoms with Gasteiger partial charge in [-0.15, -0.1) is 0 Å². The van der Waals surface area contributed by atoms with Crippen LogP contribution in [-0.2, 0) is 23.0 Å². The molecule has 1 aromatic carbocycles. The molecule has 1 aromatic heterocycles. The minimum atomic E-state index is -3.33. The first-order valence-corrected chi connectivity index (χ1v) is 8.16. The zero-order valence-corrected chi connectivity index (χ0v) is 12.3. The van der Waals surface area contributed by atoms with Gasteiger partial charge in [-0.3, -0.25) is 9.10 Å². The molecule has 5 nitrogen and oxygen atoms in total. The fraction of sp³-hybridized carbons (Fsp3) is 0.357. The molecule has 0 fully saturated rings. The van der Waals surface area contributed by atoms with Crippen LogP contribution in [0.3, 0.4) is 0 Å². The molecular weight excluding hydrogens is 276 g/mol. The van der Waals surface area contributed by atoms with Crippen molar-refractivity contribution >= 4 is 32.9 Å². The number of benzene rings is 1. The number of hydrogen-bond acceptors (Lipinski definition) is 3. The second kappa shape index (κ2) is 4.34. The van der Waals surface area contributed by atoms with Gasteiger partial charge in [0.1, 0.15) is 6.29 Å². The Bertz CT molecular complexity index is 805. The van der Waals surface area contributed by atoms with Crippen LogP contribution >= 0.6 is 0 Å². The first-order chi connectivity index (χ1) is 9.47. The summed E-state index contributed by atoms with van der Waals surface area (Å²) in [6.07, 6.45) is 3.61. The smallest absolute Gasteiger partial charge is 0.236 e. The van der Waals surface area contributed by atoms with Crippen LogP contribution in [0, 0.1) is 0 Å². The maximum atomic E-state index is 12.2. The van der Waals surface area contributed by atoms with Gasteiger partial charge in [0, 0.05) is 30.7 Å². The minimum Gasteiger partial charge on any atom is -0.344 e. The number of anilines is 1. The molecule has 0 N–H and O–H groups in total. The Morgan fingerprint density at radius 2 is 2.10 bits per heavy atom. The lowest BCUT2D eigenvalue weighted by atomic mass is 10.1. The van der Waals surface area contributed by atoms with E-state index >= 15 is 0 Å². The highest BCUT2D eigenvalue weighted by Crippen LogP contribution is 2.35. The van der Waals surface area contributed by atoms with E-state index in [4.69, 9.17) is 0 Å². The molecule has 0 amide bonds. The van der Waals surface area contributed by atoms with E-state index in [-0.39, 0.29) is 5.75 Å². The molecule has 6 heteroatoms. The van der Waals surface area contributed by atoms with E-state index in [0.29, 0.717) is 17.8 Å². The van der Waals surface area contributed by atoms with Crippen LogP contribution in [0.15, 0.2) is 18.3 Å². The molecule has 0 spiro atoms. The molecule has 0 atom stereocenters. The fourth-order valence-electron chi connectivity index (χ4n) is 2.78. The van der Waals surface area contributed by atoms with E-state index in [1.54, 1.807) is 13.1 Å². The van der Waals surface area contributed by atoms with E-state index in [2.05, 4.69) is 6.92 Å². The SMILES string of the molecule is CCc1cn2c3c(cc(C=O)cc13)N(C)S(=O)(=O)CC2. The van der Waals surface area contributed by atoms with Crippen LogP contribution in [0.2, 0.25) is 0 Å². The molecular formula is C14H16N2O3S. The second-order valence-electron chi connectivity index (χ2n) is 5.04. The van der Waals surface area contributed by atoms with E-state index in [1.165, 1.54) is 4.31 Å². The number of carbonyl (C=O) groups excluding carboxylic acids is 1. The van der Waals surface area contributed by atoms with Crippen molar-refractivity contribution in [3.05, 3.63) is 29.5 Å². The summed E-state index contributed by atoms with van der Waals surface area (Å²) in [6.45, 7) is 2.50. The first kappa shape index (κ1) is 13.2. The summed E-state index contributed by atoms with van der Waals surface area (Å²) < 4.78 is 27.7. The Hall–Kier alpha value is -1.82.